The quantitative estimate of drug-likeness (QED) is 0.511. The first-order chi connectivity index (χ1) is 10.0. The molecule has 0 spiro atoms. The molecule has 21 heavy (non-hydrogen) atoms. The first-order valence-electron chi connectivity index (χ1n) is 5.96. The van der Waals surface area contributed by atoms with Gasteiger partial charge in [-0.3, -0.25) is 0 Å². The van der Waals surface area contributed by atoms with Crippen LogP contribution in [0.3, 0.4) is 0 Å². The van der Waals surface area contributed by atoms with E-state index in [2.05, 4.69) is 25.9 Å². The molecule has 3 aromatic rings. The fraction of sp³-hybridized carbons (Fsp3) is 0.143. The molecule has 2 aromatic heterocycles. The number of benzene rings is 1. The van der Waals surface area contributed by atoms with Crippen LogP contribution in [0.25, 0.3) is 21.6 Å². The van der Waals surface area contributed by atoms with Crippen molar-refractivity contribution in [2.24, 2.45) is 0 Å². The molecular weight excluding hydrogens is 395 g/mol. The van der Waals surface area contributed by atoms with Gasteiger partial charge in [-0.15, -0.1) is 11.3 Å². The van der Waals surface area contributed by atoms with E-state index >= 15 is 0 Å². The molecule has 0 aliphatic heterocycles. The minimum atomic E-state index is 0.364. The van der Waals surface area contributed by atoms with Crippen LogP contribution < -0.4 is 4.74 Å². The zero-order valence-corrected chi connectivity index (χ0v) is 15.0. The number of aryl methyl sites for hydroxylation is 1. The summed E-state index contributed by atoms with van der Waals surface area (Å²) >= 11 is 17.6. The Bertz CT molecular complexity index is 851. The van der Waals surface area contributed by atoms with Gasteiger partial charge in [-0.25, -0.2) is 9.97 Å². The number of rotatable bonds is 2. The lowest BCUT2D eigenvalue weighted by molar-refractivity contribution is 0.419. The number of halogens is 3. The van der Waals surface area contributed by atoms with Gasteiger partial charge in [0.1, 0.15) is 16.4 Å². The maximum atomic E-state index is 6.33. The molecule has 3 nitrogen and oxygen atoms in total. The van der Waals surface area contributed by atoms with Gasteiger partial charge >= 0.3 is 0 Å². The van der Waals surface area contributed by atoms with E-state index in [-0.39, 0.29) is 0 Å². The fourth-order valence-electron chi connectivity index (χ4n) is 1.98. The zero-order valence-electron chi connectivity index (χ0n) is 11.1. The van der Waals surface area contributed by atoms with Gasteiger partial charge in [0.25, 0.3) is 0 Å². The summed E-state index contributed by atoms with van der Waals surface area (Å²) < 4.78 is 6.19. The fourth-order valence-corrected chi connectivity index (χ4v) is 4.09. The number of hydrogen-bond acceptors (Lipinski definition) is 4. The second kappa shape index (κ2) is 5.72. The van der Waals surface area contributed by atoms with E-state index < -0.39 is 0 Å². The molecule has 0 atom stereocenters. The van der Waals surface area contributed by atoms with Gasteiger partial charge in [-0.1, -0.05) is 23.2 Å². The summed E-state index contributed by atoms with van der Waals surface area (Å²) in [5.74, 6) is 1.15. The van der Waals surface area contributed by atoms with E-state index in [4.69, 9.17) is 27.9 Å². The van der Waals surface area contributed by atoms with Crippen LogP contribution in [0.4, 0.5) is 0 Å². The number of methoxy groups -OCH3 is 1. The zero-order chi connectivity index (χ0) is 15.1. The molecule has 108 valence electrons. The Morgan fingerprint density at radius 1 is 1.24 bits per heavy atom. The molecule has 0 saturated carbocycles. The first-order valence-corrected chi connectivity index (χ1v) is 8.39. The molecular formula is C14H9BrCl2N2OS. The highest BCUT2D eigenvalue weighted by Crippen LogP contribution is 2.39. The van der Waals surface area contributed by atoms with Gasteiger partial charge in [-0.2, -0.15) is 0 Å². The molecule has 0 saturated heterocycles. The van der Waals surface area contributed by atoms with E-state index in [1.54, 1.807) is 7.11 Å². The third-order valence-electron chi connectivity index (χ3n) is 3.04. The number of nitrogens with zero attached hydrogens (tertiary/aromatic N) is 2. The maximum Gasteiger partial charge on any atom is 0.173 e. The number of ether oxygens (including phenoxy) is 1. The summed E-state index contributed by atoms with van der Waals surface area (Å²) in [7, 11) is 1.60. The summed E-state index contributed by atoms with van der Waals surface area (Å²) in [6.07, 6.45) is 0. The van der Waals surface area contributed by atoms with Crippen molar-refractivity contribution in [1.29, 1.82) is 0 Å². The van der Waals surface area contributed by atoms with Crippen LogP contribution in [0.5, 0.6) is 5.75 Å². The number of fused-ring (bicyclic) bond motifs is 1. The largest absolute Gasteiger partial charge is 0.494 e. The molecule has 2 heterocycles. The molecule has 0 amide bonds. The van der Waals surface area contributed by atoms with Crippen LogP contribution in [-0.2, 0) is 0 Å². The van der Waals surface area contributed by atoms with Gasteiger partial charge in [0.2, 0.25) is 0 Å². The minimum Gasteiger partial charge on any atom is -0.494 e. The molecule has 0 aliphatic carbocycles. The summed E-state index contributed by atoms with van der Waals surface area (Å²) in [4.78, 5) is 9.77. The lowest BCUT2D eigenvalue weighted by Crippen LogP contribution is -1.95. The van der Waals surface area contributed by atoms with Crippen molar-refractivity contribution in [1.82, 2.24) is 9.97 Å². The summed E-state index contributed by atoms with van der Waals surface area (Å²) in [5, 5.41) is 3.72. The van der Waals surface area contributed by atoms with Gasteiger partial charge in [0, 0.05) is 4.47 Å². The van der Waals surface area contributed by atoms with Crippen LogP contribution in [0.2, 0.25) is 10.2 Å². The lowest BCUT2D eigenvalue weighted by atomic mass is 10.2. The summed E-state index contributed by atoms with van der Waals surface area (Å²) in [6, 6.07) is 3.69. The third kappa shape index (κ3) is 2.52. The average molecular weight is 404 g/mol. The molecule has 0 N–H and O–H groups in total. The van der Waals surface area contributed by atoms with E-state index in [1.807, 2.05) is 24.4 Å². The molecule has 1 aromatic carbocycles. The highest BCUT2D eigenvalue weighted by atomic mass is 79.9. The Morgan fingerprint density at radius 2 is 2.00 bits per heavy atom. The van der Waals surface area contributed by atoms with Crippen LogP contribution in [-0.4, -0.2) is 17.1 Å². The van der Waals surface area contributed by atoms with Crippen LogP contribution >= 0.6 is 50.5 Å². The van der Waals surface area contributed by atoms with Crippen LogP contribution in [0, 0.1) is 6.92 Å². The van der Waals surface area contributed by atoms with Gasteiger partial charge in [0.05, 0.1) is 22.4 Å². The van der Waals surface area contributed by atoms with E-state index in [1.165, 1.54) is 11.3 Å². The SMILES string of the molecule is COc1ccc(Br)c2c(Cl)nc(-c3scc(C)c3Cl)nc12. The van der Waals surface area contributed by atoms with E-state index in [9.17, 15) is 0 Å². The molecule has 0 bridgehead atoms. The van der Waals surface area contributed by atoms with Crippen molar-refractivity contribution < 1.29 is 4.74 Å². The van der Waals surface area contributed by atoms with Crippen molar-refractivity contribution in [3.8, 4) is 16.5 Å². The van der Waals surface area contributed by atoms with Crippen LogP contribution in [0.15, 0.2) is 22.0 Å². The standard InChI is InChI=1S/C14H9BrCl2N2OS/c1-6-5-21-12(10(6)16)14-18-11-8(20-2)4-3-7(15)9(11)13(17)19-14/h3-5H,1-2H3. The number of aromatic nitrogens is 2. The molecule has 0 fully saturated rings. The smallest absolute Gasteiger partial charge is 0.173 e. The summed E-state index contributed by atoms with van der Waals surface area (Å²) in [5.41, 5.74) is 1.65. The second-order valence-corrected chi connectivity index (χ2v) is 6.84. The highest BCUT2D eigenvalue weighted by molar-refractivity contribution is 9.10. The monoisotopic (exact) mass is 402 g/mol. The number of hydrogen-bond donors (Lipinski definition) is 0. The normalized spacial score (nSPS) is 11.1. The summed E-state index contributed by atoms with van der Waals surface area (Å²) in [6.45, 7) is 1.95. The maximum absolute atomic E-state index is 6.33. The van der Waals surface area contributed by atoms with E-state index in [0.29, 0.717) is 27.3 Å². The lowest BCUT2D eigenvalue weighted by Gasteiger charge is -2.09. The second-order valence-electron chi connectivity index (χ2n) is 4.37. The molecule has 0 unspecified atom stereocenters. The molecule has 0 radical (unpaired) electrons. The van der Waals surface area contributed by atoms with Crippen molar-refractivity contribution in [3.05, 3.63) is 37.7 Å². The molecule has 3 rings (SSSR count). The van der Waals surface area contributed by atoms with Gasteiger partial charge in [0.15, 0.2) is 5.82 Å². The minimum absolute atomic E-state index is 0.364. The predicted octanol–water partition coefficient (Wildman–Crippen LogP) is 5.74. The van der Waals surface area contributed by atoms with Crippen molar-refractivity contribution in [3.63, 3.8) is 0 Å². The van der Waals surface area contributed by atoms with Crippen LogP contribution in [0.1, 0.15) is 5.56 Å². The van der Waals surface area contributed by atoms with Gasteiger partial charge in [-0.05, 0) is 45.9 Å². The van der Waals surface area contributed by atoms with Crippen molar-refractivity contribution in [2.45, 2.75) is 6.92 Å². The third-order valence-corrected chi connectivity index (χ3v) is 5.67. The first kappa shape index (κ1) is 15.0. The Labute approximate surface area is 144 Å². The number of thiophene rings is 1. The van der Waals surface area contributed by atoms with E-state index in [0.717, 1.165) is 20.3 Å². The molecule has 0 aliphatic rings. The Kier molecular flexibility index (Phi) is 4.10. The topological polar surface area (TPSA) is 35.0 Å². The Balaban J connectivity index is 2.35. The van der Waals surface area contributed by atoms with Crippen molar-refractivity contribution >= 4 is 61.4 Å². The predicted molar refractivity (Wildman–Crippen MR) is 91.9 cm³/mol. The van der Waals surface area contributed by atoms with Gasteiger partial charge < -0.3 is 4.74 Å². The van der Waals surface area contributed by atoms with Crippen molar-refractivity contribution in [2.75, 3.05) is 7.11 Å². The Hall–Kier alpha value is -0.880. The average Bonchev–Trinajstić information content (AvgIpc) is 2.79. The Morgan fingerprint density at radius 3 is 2.62 bits per heavy atom. The molecule has 7 heteroatoms. The highest BCUT2D eigenvalue weighted by Gasteiger charge is 2.17.